The molecule has 2 aromatic carbocycles. The first kappa shape index (κ1) is 14.2. The lowest BCUT2D eigenvalue weighted by atomic mass is 10.1. The fourth-order valence-corrected chi connectivity index (χ4v) is 2.01. The zero-order valence-electron chi connectivity index (χ0n) is 11.0. The zero-order chi connectivity index (χ0) is 15.7. The molecule has 7 heteroatoms. The monoisotopic (exact) mass is 310 g/mol. The molecule has 114 valence electrons. The third kappa shape index (κ3) is 2.69. The van der Waals surface area contributed by atoms with Gasteiger partial charge in [-0.3, -0.25) is 0 Å². The highest BCUT2D eigenvalue weighted by atomic mass is 19.4. The SMILES string of the molecule is O=C(Oc1ccc2c(c1)OCO2)c1ccccc1C(F)(F)F. The van der Waals surface area contributed by atoms with Gasteiger partial charge in [0.2, 0.25) is 6.79 Å². The molecule has 0 bridgehead atoms. The van der Waals surface area contributed by atoms with E-state index in [2.05, 4.69) is 0 Å². The van der Waals surface area contributed by atoms with Crippen LogP contribution in [0.3, 0.4) is 0 Å². The molecule has 0 aromatic heterocycles. The summed E-state index contributed by atoms with van der Waals surface area (Å²) in [6.45, 7) is 0.0453. The summed E-state index contributed by atoms with van der Waals surface area (Å²) in [5, 5.41) is 0. The molecule has 0 aliphatic carbocycles. The minimum Gasteiger partial charge on any atom is -0.454 e. The van der Waals surface area contributed by atoms with Gasteiger partial charge in [0.15, 0.2) is 11.5 Å². The molecule has 4 nitrogen and oxygen atoms in total. The van der Waals surface area contributed by atoms with Gasteiger partial charge in [-0.05, 0) is 24.3 Å². The van der Waals surface area contributed by atoms with E-state index in [1.165, 1.54) is 30.3 Å². The first-order chi connectivity index (χ1) is 10.4. The maximum atomic E-state index is 12.9. The van der Waals surface area contributed by atoms with E-state index in [-0.39, 0.29) is 12.5 Å². The van der Waals surface area contributed by atoms with Gasteiger partial charge < -0.3 is 14.2 Å². The molecule has 0 N–H and O–H groups in total. The highest BCUT2D eigenvalue weighted by molar-refractivity contribution is 5.93. The van der Waals surface area contributed by atoms with Crippen LogP contribution in [0.25, 0.3) is 0 Å². The topological polar surface area (TPSA) is 44.8 Å². The van der Waals surface area contributed by atoms with Crippen molar-refractivity contribution in [1.82, 2.24) is 0 Å². The number of hydrogen-bond donors (Lipinski definition) is 0. The van der Waals surface area contributed by atoms with Crippen molar-refractivity contribution in [2.45, 2.75) is 6.18 Å². The average molecular weight is 310 g/mol. The van der Waals surface area contributed by atoms with Crippen molar-refractivity contribution in [2.75, 3.05) is 6.79 Å². The van der Waals surface area contributed by atoms with Gasteiger partial charge in [-0.2, -0.15) is 13.2 Å². The first-order valence-corrected chi connectivity index (χ1v) is 6.23. The Kier molecular flexibility index (Phi) is 3.40. The second-order valence-electron chi connectivity index (χ2n) is 4.45. The Balaban J connectivity index is 1.86. The molecule has 1 heterocycles. The molecule has 0 fully saturated rings. The Hall–Kier alpha value is -2.70. The smallest absolute Gasteiger partial charge is 0.417 e. The third-order valence-electron chi connectivity index (χ3n) is 3.01. The largest absolute Gasteiger partial charge is 0.454 e. The van der Waals surface area contributed by atoms with Crippen molar-refractivity contribution in [1.29, 1.82) is 0 Å². The van der Waals surface area contributed by atoms with Gasteiger partial charge in [-0.25, -0.2) is 4.79 Å². The number of halogens is 3. The van der Waals surface area contributed by atoms with Crippen LogP contribution in [0.5, 0.6) is 17.2 Å². The number of carbonyl (C=O) groups is 1. The molecule has 1 aliphatic heterocycles. The van der Waals surface area contributed by atoms with Crippen LogP contribution in [0, 0.1) is 0 Å². The van der Waals surface area contributed by atoms with E-state index < -0.39 is 23.3 Å². The number of ether oxygens (including phenoxy) is 3. The van der Waals surface area contributed by atoms with Crippen LogP contribution >= 0.6 is 0 Å². The van der Waals surface area contributed by atoms with E-state index in [0.29, 0.717) is 11.5 Å². The predicted molar refractivity (Wildman–Crippen MR) is 69.0 cm³/mol. The normalized spacial score (nSPS) is 13.0. The molecular formula is C15H9F3O4. The van der Waals surface area contributed by atoms with Crippen molar-refractivity contribution in [3.63, 3.8) is 0 Å². The van der Waals surface area contributed by atoms with Crippen LogP contribution in [-0.2, 0) is 6.18 Å². The van der Waals surface area contributed by atoms with Gasteiger partial charge >= 0.3 is 12.1 Å². The summed E-state index contributed by atoms with van der Waals surface area (Å²) >= 11 is 0. The molecule has 0 radical (unpaired) electrons. The van der Waals surface area contributed by atoms with Gasteiger partial charge in [-0.1, -0.05) is 12.1 Å². The van der Waals surface area contributed by atoms with E-state index in [1.807, 2.05) is 0 Å². The van der Waals surface area contributed by atoms with Crippen LogP contribution in [0.4, 0.5) is 13.2 Å². The van der Waals surface area contributed by atoms with E-state index in [1.54, 1.807) is 0 Å². The van der Waals surface area contributed by atoms with Crippen LogP contribution in [-0.4, -0.2) is 12.8 Å². The Morgan fingerprint density at radius 1 is 1.05 bits per heavy atom. The summed E-state index contributed by atoms with van der Waals surface area (Å²) in [4.78, 5) is 12.0. The molecule has 2 aromatic rings. The maximum absolute atomic E-state index is 12.9. The highest BCUT2D eigenvalue weighted by Crippen LogP contribution is 2.36. The predicted octanol–water partition coefficient (Wildman–Crippen LogP) is 3.65. The zero-order valence-corrected chi connectivity index (χ0v) is 11.0. The number of esters is 1. The molecule has 0 amide bonds. The summed E-state index contributed by atoms with van der Waals surface area (Å²) in [5.74, 6) is -0.164. The number of benzene rings is 2. The van der Waals surface area contributed by atoms with Crippen molar-refractivity contribution < 1.29 is 32.2 Å². The van der Waals surface area contributed by atoms with E-state index >= 15 is 0 Å². The maximum Gasteiger partial charge on any atom is 0.417 e. The third-order valence-corrected chi connectivity index (χ3v) is 3.01. The summed E-state index contributed by atoms with van der Waals surface area (Å²) in [6.07, 6.45) is -4.63. The molecule has 0 saturated carbocycles. The Bertz CT molecular complexity index is 725. The van der Waals surface area contributed by atoms with Crippen molar-refractivity contribution in [2.24, 2.45) is 0 Å². The molecule has 22 heavy (non-hydrogen) atoms. The Morgan fingerprint density at radius 2 is 1.77 bits per heavy atom. The summed E-state index contributed by atoms with van der Waals surface area (Å²) < 4.78 is 53.8. The lowest BCUT2D eigenvalue weighted by molar-refractivity contribution is -0.138. The molecule has 1 aliphatic rings. The standard InChI is InChI=1S/C15H9F3O4/c16-15(17,18)11-4-2-1-3-10(11)14(19)22-9-5-6-12-13(7-9)21-8-20-12/h1-7H,8H2. The summed E-state index contributed by atoms with van der Waals surface area (Å²) in [7, 11) is 0. The average Bonchev–Trinajstić information content (AvgIpc) is 2.94. The van der Waals surface area contributed by atoms with Crippen LogP contribution in [0.2, 0.25) is 0 Å². The van der Waals surface area contributed by atoms with E-state index in [0.717, 1.165) is 12.1 Å². The highest BCUT2D eigenvalue weighted by Gasteiger charge is 2.35. The number of fused-ring (bicyclic) bond motifs is 1. The second-order valence-corrected chi connectivity index (χ2v) is 4.45. The summed E-state index contributed by atoms with van der Waals surface area (Å²) in [5.41, 5.74) is -1.59. The molecule has 3 rings (SSSR count). The molecule has 0 atom stereocenters. The molecule has 0 saturated heterocycles. The number of alkyl halides is 3. The van der Waals surface area contributed by atoms with E-state index in [9.17, 15) is 18.0 Å². The number of hydrogen-bond acceptors (Lipinski definition) is 4. The molecular weight excluding hydrogens is 301 g/mol. The van der Waals surface area contributed by atoms with Gasteiger partial charge in [0.1, 0.15) is 5.75 Å². The molecule has 0 unspecified atom stereocenters. The van der Waals surface area contributed by atoms with Crippen molar-refractivity contribution >= 4 is 5.97 Å². The van der Waals surface area contributed by atoms with Gasteiger partial charge in [0.05, 0.1) is 11.1 Å². The fourth-order valence-electron chi connectivity index (χ4n) is 2.01. The lowest BCUT2D eigenvalue weighted by Crippen LogP contribution is -2.16. The van der Waals surface area contributed by atoms with Gasteiger partial charge in [-0.15, -0.1) is 0 Å². The van der Waals surface area contributed by atoms with Crippen LogP contribution < -0.4 is 14.2 Å². The van der Waals surface area contributed by atoms with E-state index in [4.69, 9.17) is 14.2 Å². The van der Waals surface area contributed by atoms with Crippen LogP contribution in [0.1, 0.15) is 15.9 Å². The fraction of sp³-hybridized carbons (Fsp3) is 0.133. The van der Waals surface area contributed by atoms with Gasteiger partial charge in [0, 0.05) is 6.07 Å². The minimum absolute atomic E-state index is 0.0453. The van der Waals surface area contributed by atoms with Crippen molar-refractivity contribution in [3.8, 4) is 17.2 Å². The number of rotatable bonds is 2. The Labute approximate surface area is 123 Å². The molecule has 0 spiro atoms. The Morgan fingerprint density at radius 3 is 2.55 bits per heavy atom. The first-order valence-electron chi connectivity index (χ1n) is 6.23. The second kappa shape index (κ2) is 5.25. The number of carbonyl (C=O) groups excluding carboxylic acids is 1. The van der Waals surface area contributed by atoms with Crippen LogP contribution in [0.15, 0.2) is 42.5 Å². The van der Waals surface area contributed by atoms with Gasteiger partial charge in [0.25, 0.3) is 0 Å². The van der Waals surface area contributed by atoms with Crippen molar-refractivity contribution in [3.05, 3.63) is 53.6 Å². The minimum atomic E-state index is -4.63. The summed E-state index contributed by atoms with van der Waals surface area (Å²) in [6, 6.07) is 8.76. The lowest BCUT2D eigenvalue weighted by Gasteiger charge is -2.12. The quantitative estimate of drug-likeness (QED) is 0.627.